The molecule has 0 amide bonds. The molecule has 1 N–H and O–H groups in total. The maximum absolute atomic E-state index is 11.1. The molecule has 0 bridgehead atoms. The number of hydrogen-bond acceptors (Lipinski definition) is 3. The first-order chi connectivity index (χ1) is 6.87. The molecule has 0 aliphatic carbocycles. The van der Waals surface area contributed by atoms with Crippen molar-refractivity contribution in [3.8, 4) is 0 Å². The molecule has 0 radical (unpaired) electrons. The molecule has 0 spiro atoms. The number of nitrogens with one attached hydrogen (secondary N) is 1. The number of halogens is 1. The van der Waals surface area contributed by atoms with Gasteiger partial charge >= 0.3 is 0 Å². The Balaban J connectivity index is 2.83. The van der Waals surface area contributed by atoms with Crippen molar-refractivity contribution < 1.29 is 8.42 Å². The largest absolute Gasteiger partial charge is 0.272 e. The van der Waals surface area contributed by atoms with E-state index >= 15 is 0 Å². The predicted octanol–water partition coefficient (Wildman–Crippen LogP) is 0.653. The van der Waals surface area contributed by atoms with E-state index in [0.29, 0.717) is 0 Å². The molecule has 15 heavy (non-hydrogen) atoms. The lowest BCUT2D eigenvalue weighted by molar-refractivity contribution is 0.585. The molecule has 7 heteroatoms. The second-order valence-corrected chi connectivity index (χ2v) is 5.71. The van der Waals surface area contributed by atoms with Crippen molar-refractivity contribution in [1.29, 1.82) is 0 Å². The highest BCUT2D eigenvalue weighted by molar-refractivity contribution is 7.90. The highest BCUT2D eigenvalue weighted by atomic mass is 35.5. The summed E-state index contributed by atoms with van der Waals surface area (Å²) in [4.78, 5) is 0. The van der Waals surface area contributed by atoms with Gasteiger partial charge in [0.1, 0.15) is 5.21 Å². The van der Waals surface area contributed by atoms with Crippen LogP contribution in [0.4, 0.5) is 0 Å². The lowest BCUT2D eigenvalue weighted by atomic mass is 10.2. The first kappa shape index (κ1) is 12.5. The van der Waals surface area contributed by atoms with E-state index < -0.39 is 15.2 Å². The van der Waals surface area contributed by atoms with Crippen LogP contribution in [0.15, 0.2) is 0 Å². The summed E-state index contributed by atoms with van der Waals surface area (Å²) in [5, 5.41) is 3.76. The van der Waals surface area contributed by atoms with E-state index in [2.05, 4.69) is 9.82 Å². The number of sulfonamides is 1. The van der Waals surface area contributed by atoms with Gasteiger partial charge in [-0.3, -0.25) is 4.68 Å². The van der Waals surface area contributed by atoms with Crippen molar-refractivity contribution in [2.75, 3.05) is 5.21 Å². The van der Waals surface area contributed by atoms with E-state index in [0.717, 1.165) is 17.0 Å². The summed E-state index contributed by atoms with van der Waals surface area (Å²) < 4.78 is 26.4. The van der Waals surface area contributed by atoms with Crippen LogP contribution in [0.2, 0.25) is 0 Å². The first-order valence-electron chi connectivity index (χ1n) is 4.39. The normalized spacial score (nSPS) is 12.0. The Hall–Kier alpha value is -0.590. The zero-order valence-corrected chi connectivity index (χ0v) is 10.5. The van der Waals surface area contributed by atoms with Crippen LogP contribution in [0.1, 0.15) is 17.0 Å². The van der Waals surface area contributed by atoms with Crippen LogP contribution >= 0.6 is 11.6 Å². The van der Waals surface area contributed by atoms with Crippen LogP contribution < -0.4 is 4.72 Å². The highest BCUT2D eigenvalue weighted by Gasteiger charge is 2.13. The fourth-order valence-electron chi connectivity index (χ4n) is 1.29. The fraction of sp³-hybridized carbons (Fsp3) is 0.625. The molecule has 0 fully saturated rings. The predicted molar refractivity (Wildman–Crippen MR) is 59.2 cm³/mol. The Morgan fingerprint density at radius 1 is 1.47 bits per heavy atom. The average Bonchev–Trinajstić information content (AvgIpc) is 2.39. The molecule has 0 atom stereocenters. The molecule has 86 valence electrons. The summed E-state index contributed by atoms with van der Waals surface area (Å²) in [7, 11) is -1.54. The van der Waals surface area contributed by atoms with Crippen molar-refractivity contribution in [3.63, 3.8) is 0 Å². The number of aromatic nitrogens is 2. The second kappa shape index (κ2) is 4.51. The maximum Gasteiger partial charge on any atom is 0.225 e. The molecular weight excluding hydrogens is 238 g/mol. The summed E-state index contributed by atoms with van der Waals surface area (Å²) in [6, 6.07) is 0. The zero-order chi connectivity index (χ0) is 11.6. The summed E-state index contributed by atoms with van der Waals surface area (Å²) >= 11 is 5.27. The lowest BCUT2D eigenvalue weighted by Crippen LogP contribution is -2.24. The monoisotopic (exact) mass is 251 g/mol. The summed E-state index contributed by atoms with van der Waals surface area (Å²) in [5.41, 5.74) is 2.67. The van der Waals surface area contributed by atoms with Crippen LogP contribution in [-0.4, -0.2) is 23.4 Å². The summed E-state index contributed by atoms with van der Waals surface area (Å²) in [6.45, 7) is 3.97. The third kappa shape index (κ3) is 2.93. The van der Waals surface area contributed by atoms with Crippen LogP contribution in [0, 0.1) is 13.8 Å². The molecular formula is C8H14ClN3O2S. The smallest absolute Gasteiger partial charge is 0.225 e. The number of rotatable bonds is 4. The van der Waals surface area contributed by atoms with Gasteiger partial charge < -0.3 is 0 Å². The minimum Gasteiger partial charge on any atom is -0.272 e. The van der Waals surface area contributed by atoms with E-state index in [1.807, 2.05) is 20.9 Å². The van der Waals surface area contributed by atoms with Gasteiger partial charge in [0, 0.05) is 24.8 Å². The third-order valence-electron chi connectivity index (χ3n) is 2.27. The summed E-state index contributed by atoms with van der Waals surface area (Å²) in [6.07, 6.45) is 0. The zero-order valence-electron chi connectivity index (χ0n) is 8.91. The Morgan fingerprint density at radius 3 is 2.47 bits per heavy atom. The molecule has 1 aromatic heterocycles. The van der Waals surface area contributed by atoms with Crippen molar-refractivity contribution in [1.82, 2.24) is 14.5 Å². The number of alkyl halides is 1. The summed E-state index contributed by atoms with van der Waals surface area (Å²) in [5.74, 6) is 0. The van der Waals surface area contributed by atoms with E-state index in [-0.39, 0.29) is 6.54 Å². The van der Waals surface area contributed by atoms with Gasteiger partial charge in [-0.05, 0) is 13.8 Å². The average molecular weight is 252 g/mol. The van der Waals surface area contributed by atoms with E-state index in [1.54, 1.807) is 4.68 Å². The number of aryl methyl sites for hydroxylation is 2. The number of hydrogen-bond donors (Lipinski definition) is 1. The van der Waals surface area contributed by atoms with Crippen molar-refractivity contribution >= 4 is 21.6 Å². The third-order valence-corrected chi connectivity index (χ3v) is 4.00. The van der Waals surface area contributed by atoms with Gasteiger partial charge in [-0.2, -0.15) is 5.10 Å². The topological polar surface area (TPSA) is 64.0 Å². The minimum atomic E-state index is -3.36. The highest BCUT2D eigenvalue weighted by Crippen LogP contribution is 2.11. The quantitative estimate of drug-likeness (QED) is 0.800. The van der Waals surface area contributed by atoms with Gasteiger partial charge in [-0.1, -0.05) is 0 Å². The SMILES string of the molecule is Cc1nn(C)c(C)c1CNS(=O)(=O)CCl. The first-order valence-corrected chi connectivity index (χ1v) is 6.58. The van der Waals surface area contributed by atoms with E-state index in [4.69, 9.17) is 11.6 Å². The minimum absolute atomic E-state index is 0.237. The standard InChI is InChI=1S/C8H14ClN3O2S/c1-6-8(7(2)12(3)11-6)4-10-15(13,14)5-9/h10H,4-5H2,1-3H3. The van der Waals surface area contributed by atoms with E-state index in [9.17, 15) is 8.42 Å². The molecule has 1 rings (SSSR count). The fourth-order valence-corrected chi connectivity index (χ4v) is 1.97. The van der Waals surface area contributed by atoms with E-state index in [1.165, 1.54) is 0 Å². The number of nitrogens with zero attached hydrogens (tertiary/aromatic N) is 2. The van der Waals surface area contributed by atoms with Crippen LogP contribution in [0.5, 0.6) is 0 Å². The molecule has 0 saturated carbocycles. The van der Waals surface area contributed by atoms with Crippen molar-refractivity contribution in [3.05, 3.63) is 17.0 Å². The van der Waals surface area contributed by atoms with Gasteiger partial charge in [0.2, 0.25) is 10.0 Å². The molecule has 1 aromatic rings. The second-order valence-electron chi connectivity index (χ2n) is 3.32. The van der Waals surface area contributed by atoms with Crippen molar-refractivity contribution in [2.24, 2.45) is 7.05 Å². The van der Waals surface area contributed by atoms with Crippen LogP contribution in [0.3, 0.4) is 0 Å². The molecule has 0 aliphatic heterocycles. The Morgan fingerprint density at radius 2 is 2.07 bits per heavy atom. The van der Waals surface area contributed by atoms with Gasteiger partial charge in [0.25, 0.3) is 0 Å². The molecule has 5 nitrogen and oxygen atoms in total. The van der Waals surface area contributed by atoms with Crippen LogP contribution in [0.25, 0.3) is 0 Å². The Labute approximate surface area is 94.5 Å². The molecule has 0 aromatic carbocycles. The molecule has 1 heterocycles. The Bertz CT molecular complexity index is 453. The maximum atomic E-state index is 11.1. The van der Waals surface area contributed by atoms with Gasteiger partial charge in [-0.15, -0.1) is 11.6 Å². The Kier molecular flexibility index (Phi) is 3.75. The van der Waals surface area contributed by atoms with Gasteiger partial charge in [0.05, 0.1) is 5.69 Å². The lowest BCUT2D eigenvalue weighted by Gasteiger charge is -2.04. The van der Waals surface area contributed by atoms with Crippen LogP contribution in [-0.2, 0) is 23.6 Å². The molecule has 0 saturated heterocycles. The van der Waals surface area contributed by atoms with Crippen molar-refractivity contribution in [2.45, 2.75) is 20.4 Å². The van der Waals surface area contributed by atoms with Gasteiger partial charge in [-0.25, -0.2) is 13.1 Å². The molecule has 0 unspecified atom stereocenters. The molecule has 0 aliphatic rings. The van der Waals surface area contributed by atoms with Gasteiger partial charge in [0.15, 0.2) is 0 Å².